The summed E-state index contributed by atoms with van der Waals surface area (Å²) in [6, 6.07) is 2.82. The fourth-order valence-corrected chi connectivity index (χ4v) is 2.70. The SMILES string of the molecule is CC1(C)CCCC1n1cc(C(=O)O)ccc1=O. The Morgan fingerprint density at radius 2 is 2.18 bits per heavy atom. The van der Waals surface area contributed by atoms with Gasteiger partial charge in [-0.15, -0.1) is 0 Å². The van der Waals surface area contributed by atoms with Crippen molar-refractivity contribution in [2.45, 2.75) is 39.2 Å². The maximum Gasteiger partial charge on any atom is 0.337 e. The van der Waals surface area contributed by atoms with Crippen LogP contribution in [0.2, 0.25) is 0 Å². The molecule has 4 heteroatoms. The molecule has 0 aromatic carbocycles. The van der Waals surface area contributed by atoms with E-state index in [-0.39, 0.29) is 22.6 Å². The van der Waals surface area contributed by atoms with Gasteiger partial charge in [0.1, 0.15) is 0 Å². The van der Waals surface area contributed by atoms with Gasteiger partial charge in [-0.25, -0.2) is 4.79 Å². The zero-order chi connectivity index (χ0) is 12.6. The molecule has 1 atom stereocenters. The molecular formula is C13H17NO3. The largest absolute Gasteiger partial charge is 0.478 e. The molecule has 1 aliphatic rings. The van der Waals surface area contributed by atoms with Crippen molar-refractivity contribution >= 4 is 5.97 Å². The summed E-state index contributed by atoms with van der Waals surface area (Å²) in [6.45, 7) is 4.26. The summed E-state index contributed by atoms with van der Waals surface area (Å²) >= 11 is 0. The highest BCUT2D eigenvalue weighted by atomic mass is 16.4. The van der Waals surface area contributed by atoms with Crippen molar-refractivity contribution in [1.29, 1.82) is 0 Å². The average molecular weight is 235 g/mol. The molecule has 1 N–H and O–H groups in total. The number of rotatable bonds is 2. The van der Waals surface area contributed by atoms with E-state index >= 15 is 0 Å². The Morgan fingerprint density at radius 1 is 1.47 bits per heavy atom. The fourth-order valence-electron chi connectivity index (χ4n) is 2.70. The average Bonchev–Trinajstić information content (AvgIpc) is 2.58. The predicted octanol–water partition coefficient (Wildman–Crippen LogP) is 2.30. The topological polar surface area (TPSA) is 59.3 Å². The standard InChI is InChI=1S/C13H17NO3/c1-13(2)7-3-4-10(13)14-8-9(12(16)17)5-6-11(14)15/h5-6,8,10H,3-4,7H2,1-2H3,(H,16,17). The van der Waals surface area contributed by atoms with E-state index in [1.54, 1.807) is 4.57 Å². The van der Waals surface area contributed by atoms with Crippen molar-refractivity contribution in [3.8, 4) is 0 Å². The molecule has 1 heterocycles. The van der Waals surface area contributed by atoms with E-state index in [0.717, 1.165) is 19.3 Å². The van der Waals surface area contributed by atoms with Gasteiger partial charge in [0, 0.05) is 18.3 Å². The van der Waals surface area contributed by atoms with Crippen LogP contribution in [0.1, 0.15) is 49.5 Å². The second-order valence-electron chi connectivity index (χ2n) is 5.37. The monoisotopic (exact) mass is 235 g/mol. The molecule has 0 aliphatic heterocycles. The molecule has 0 saturated heterocycles. The van der Waals surface area contributed by atoms with Crippen LogP contribution < -0.4 is 5.56 Å². The van der Waals surface area contributed by atoms with E-state index in [2.05, 4.69) is 13.8 Å². The summed E-state index contributed by atoms with van der Waals surface area (Å²) in [6.07, 6.45) is 4.57. The van der Waals surface area contributed by atoms with Crippen molar-refractivity contribution in [2.75, 3.05) is 0 Å². The zero-order valence-electron chi connectivity index (χ0n) is 10.1. The Bertz CT molecular complexity index is 502. The van der Waals surface area contributed by atoms with Crippen LogP contribution in [-0.4, -0.2) is 15.6 Å². The van der Waals surface area contributed by atoms with Gasteiger partial charge in [0.25, 0.3) is 5.56 Å². The van der Waals surface area contributed by atoms with Crippen LogP contribution in [0.15, 0.2) is 23.1 Å². The quantitative estimate of drug-likeness (QED) is 0.855. The first-order valence-corrected chi connectivity index (χ1v) is 5.87. The lowest BCUT2D eigenvalue weighted by Gasteiger charge is -2.28. The van der Waals surface area contributed by atoms with Crippen LogP contribution in [0.25, 0.3) is 0 Å². The lowest BCUT2D eigenvalue weighted by atomic mass is 9.87. The molecule has 1 aromatic rings. The first kappa shape index (κ1) is 11.9. The maximum atomic E-state index is 11.8. The van der Waals surface area contributed by atoms with E-state index < -0.39 is 5.97 Å². The molecule has 1 fully saturated rings. The van der Waals surface area contributed by atoms with E-state index in [1.165, 1.54) is 18.3 Å². The molecule has 0 amide bonds. The van der Waals surface area contributed by atoms with Crippen molar-refractivity contribution in [2.24, 2.45) is 5.41 Å². The van der Waals surface area contributed by atoms with Crippen LogP contribution in [-0.2, 0) is 0 Å². The third-order valence-corrected chi connectivity index (χ3v) is 3.72. The van der Waals surface area contributed by atoms with E-state index in [4.69, 9.17) is 5.11 Å². The van der Waals surface area contributed by atoms with E-state index in [1.807, 2.05) is 0 Å². The molecule has 1 saturated carbocycles. The van der Waals surface area contributed by atoms with Gasteiger partial charge in [-0.1, -0.05) is 20.3 Å². The first-order valence-electron chi connectivity index (χ1n) is 5.87. The number of aromatic carboxylic acids is 1. The first-order chi connectivity index (χ1) is 7.92. The Kier molecular flexibility index (Phi) is 2.81. The van der Waals surface area contributed by atoms with Crippen LogP contribution in [0, 0.1) is 5.41 Å². The van der Waals surface area contributed by atoms with Crippen molar-refractivity contribution in [3.05, 3.63) is 34.2 Å². The van der Waals surface area contributed by atoms with Gasteiger partial charge in [0.2, 0.25) is 0 Å². The minimum Gasteiger partial charge on any atom is -0.478 e. The highest BCUT2D eigenvalue weighted by Gasteiger charge is 2.36. The number of pyridine rings is 1. The smallest absolute Gasteiger partial charge is 0.337 e. The zero-order valence-corrected chi connectivity index (χ0v) is 10.1. The lowest BCUT2D eigenvalue weighted by Crippen LogP contribution is -2.30. The Balaban J connectivity index is 2.48. The van der Waals surface area contributed by atoms with Gasteiger partial charge in [0.15, 0.2) is 0 Å². The second-order valence-corrected chi connectivity index (χ2v) is 5.37. The molecule has 0 radical (unpaired) electrons. The van der Waals surface area contributed by atoms with E-state index in [0.29, 0.717) is 0 Å². The fraction of sp³-hybridized carbons (Fsp3) is 0.538. The molecular weight excluding hydrogens is 218 g/mol. The summed E-state index contributed by atoms with van der Waals surface area (Å²) in [5.41, 5.74) is 0.114. The third-order valence-electron chi connectivity index (χ3n) is 3.72. The summed E-state index contributed by atoms with van der Waals surface area (Å²) in [4.78, 5) is 22.8. The highest BCUT2D eigenvalue weighted by molar-refractivity contribution is 5.87. The summed E-state index contributed by atoms with van der Waals surface area (Å²) in [5, 5.41) is 8.96. The molecule has 17 heavy (non-hydrogen) atoms. The van der Waals surface area contributed by atoms with Crippen LogP contribution >= 0.6 is 0 Å². The lowest BCUT2D eigenvalue weighted by molar-refractivity contribution is 0.0695. The van der Waals surface area contributed by atoms with Crippen molar-refractivity contribution < 1.29 is 9.90 Å². The van der Waals surface area contributed by atoms with Crippen LogP contribution in [0.4, 0.5) is 0 Å². The van der Waals surface area contributed by atoms with Crippen LogP contribution in [0.3, 0.4) is 0 Å². The highest BCUT2D eigenvalue weighted by Crippen LogP contribution is 2.45. The number of carboxylic acid groups (broad SMARTS) is 1. The van der Waals surface area contributed by atoms with E-state index in [9.17, 15) is 9.59 Å². The third kappa shape index (κ3) is 2.12. The molecule has 4 nitrogen and oxygen atoms in total. The van der Waals surface area contributed by atoms with Gasteiger partial charge >= 0.3 is 5.97 Å². The van der Waals surface area contributed by atoms with Gasteiger partial charge in [0.05, 0.1) is 5.56 Å². The van der Waals surface area contributed by atoms with Gasteiger partial charge in [-0.05, 0) is 24.3 Å². The summed E-state index contributed by atoms with van der Waals surface area (Å²) < 4.78 is 1.59. The van der Waals surface area contributed by atoms with Crippen molar-refractivity contribution in [1.82, 2.24) is 4.57 Å². The minimum absolute atomic E-state index is 0.0565. The molecule has 0 spiro atoms. The number of hydrogen-bond donors (Lipinski definition) is 1. The normalized spacial score (nSPS) is 22.6. The van der Waals surface area contributed by atoms with Gasteiger partial charge in [-0.3, -0.25) is 4.79 Å². The van der Waals surface area contributed by atoms with Crippen molar-refractivity contribution in [3.63, 3.8) is 0 Å². The minimum atomic E-state index is -0.991. The molecule has 1 aromatic heterocycles. The van der Waals surface area contributed by atoms with Gasteiger partial charge in [-0.2, -0.15) is 0 Å². The Labute approximate surface area is 99.9 Å². The van der Waals surface area contributed by atoms with Gasteiger partial charge < -0.3 is 9.67 Å². The molecule has 0 bridgehead atoms. The molecule has 92 valence electrons. The summed E-state index contributed by atoms with van der Waals surface area (Å²) in [7, 11) is 0. The molecule has 1 aliphatic carbocycles. The number of carboxylic acids is 1. The number of nitrogens with zero attached hydrogens (tertiary/aromatic N) is 1. The summed E-state index contributed by atoms with van der Waals surface area (Å²) in [5.74, 6) is -0.991. The molecule has 1 unspecified atom stereocenters. The second kappa shape index (κ2) is 4.02. The Hall–Kier alpha value is -1.58. The number of hydrogen-bond acceptors (Lipinski definition) is 2. The van der Waals surface area contributed by atoms with Crippen LogP contribution in [0.5, 0.6) is 0 Å². The Morgan fingerprint density at radius 3 is 2.71 bits per heavy atom. The number of carbonyl (C=O) groups is 1. The molecule has 2 rings (SSSR count). The maximum absolute atomic E-state index is 11.8. The number of aromatic nitrogens is 1. The predicted molar refractivity (Wildman–Crippen MR) is 64.3 cm³/mol.